The zero-order chi connectivity index (χ0) is 7.49. The quantitative estimate of drug-likeness (QED) is 0.458. The molecule has 54 valence electrons. The van der Waals surface area contributed by atoms with Crippen LogP contribution in [0.2, 0.25) is 0 Å². The van der Waals surface area contributed by atoms with E-state index in [1.165, 1.54) is 0 Å². The number of hydrogen-bond acceptors (Lipinski definition) is 0. The molecule has 0 radical (unpaired) electrons. The summed E-state index contributed by atoms with van der Waals surface area (Å²) in [4.78, 5) is 0. The number of alkyl halides is 4. The molecular weight excluding hydrogens is 204 g/mol. The molecule has 0 aromatic heterocycles. The molecule has 0 amide bonds. The van der Waals surface area contributed by atoms with Gasteiger partial charge in [0.05, 0.1) is 11.4 Å². The summed E-state index contributed by atoms with van der Waals surface area (Å²) in [5.74, 6) is -1.22. The largest absolute Gasteiger partial charge is 0.412 e. The molecule has 0 aliphatic carbocycles. The Morgan fingerprint density at radius 2 is 1.89 bits per heavy atom. The predicted octanol–water partition coefficient (Wildman–Crippen LogP) is 2.80. The summed E-state index contributed by atoms with van der Waals surface area (Å²) in [5, 5.41) is -0.396. The van der Waals surface area contributed by atoms with Crippen LogP contribution in [0.4, 0.5) is 17.6 Å². The molecular formula is C4H3BrF4. The zero-order valence-corrected chi connectivity index (χ0v) is 5.76. The maximum atomic E-state index is 11.7. The molecule has 0 aromatic carbocycles. The van der Waals surface area contributed by atoms with Gasteiger partial charge in [0.25, 0.3) is 0 Å². The molecule has 0 aromatic rings. The first-order valence-corrected chi connectivity index (χ1v) is 3.08. The lowest BCUT2D eigenvalue weighted by Gasteiger charge is -1.96. The van der Waals surface area contributed by atoms with E-state index in [1.54, 1.807) is 0 Å². The number of rotatable bonds is 1. The van der Waals surface area contributed by atoms with Crippen molar-refractivity contribution in [2.75, 3.05) is 5.33 Å². The second-order valence-electron chi connectivity index (χ2n) is 1.27. The maximum absolute atomic E-state index is 11.7. The van der Waals surface area contributed by atoms with Crippen LogP contribution in [0, 0.1) is 0 Å². The fourth-order valence-corrected chi connectivity index (χ4v) is 0.378. The van der Waals surface area contributed by atoms with Crippen LogP contribution in [0.3, 0.4) is 0 Å². The van der Waals surface area contributed by atoms with E-state index in [9.17, 15) is 17.6 Å². The van der Waals surface area contributed by atoms with Gasteiger partial charge in [0.1, 0.15) is 5.83 Å². The van der Waals surface area contributed by atoms with E-state index in [1.807, 2.05) is 0 Å². The summed E-state index contributed by atoms with van der Waals surface area (Å²) >= 11 is 2.52. The summed E-state index contributed by atoms with van der Waals surface area (Å²) in [5.41, 5.74) is 0. The molecule has 0 saturated heterocycles. The van der Waals surface area contributed by atoms with Crippen molar-refractivity contribution in [1.82, 2.24) is 0 Å². The third-order valence-corrected chi connectivity index (χ3v) is 0.984. The van der Waals surface area contributed by atoms with E-state index in [0.717, 1.165) is 0 Å². The van der Waals surface area contributed by atoms with Gasteiger partial charge in [-0.2, -0.15) is 13.2 Å². The SMILES string of the molecule is FC(=CC(F)(F)F)CBr. The van der Waals surface area contributed by atoms with Crippen LogP contribution in [0.1, 0.15) is 0 Å². The van der Waals surface area contributed by atoms with Gasteiger partial charge in [0.2, 0.25) is 0 Å². The van der Waals surface area contributed by atoms with E-state index in [4.69, 9.17) is 0 Å². The van der Waals surface area contributed by atoms with E-state index in [0.29, 0.717) is 0 Å². The molecule has 0 aliphatic rings. The number of hydrogen-bond donors (Lipinski definition) is 0. The smallest absolute Gasteiger partial charge is 0.211 e. The van der Waals surface area contributed by atoms with Crippen molar-refractivity contribution in [3.63, 3.8) is 0 Å². The Morgan fingerprint density at radius 1 is 1.44 bits per heavy atom. The van der Waals surface area contributed by atoms with Gasteiger partial charge in [0.15, 0.2) is 0 Å². The average Bonchev–Trinajstić information content (AvgIpc) is 1.62. The Morgan fingerprint density at radius 3 is 2.00 bits per heavy atom. The van der Waals surface area contributed by atoms with E-state index in [-0.39, 0.29) is 6.08 Å². The molecule has 0 saturated carbocycles. The lowest BCUT2D eigenvalue weighted by molar-refractivity contribution is -0.0812. The van der Waals surface area contributed by atoms with Crippen molar-refractivity contribution in [3.8, 4) is 0 Å². The van der Waals surface area contributed by atoms with Crippen molar-refractivity contribution in [3.05, 3.63) is 11.9 Å². The molecule has 9 heavy (non-hydrogen) atoms. The lowest BCUT2D eigenvalue weighted by Crippen LogP contribution is -2.02. The Balaban J connectivity index is 3.95. The normalized spacial score (nSPS) is 14.1. The van der Waals surface area contributed by atoms with Crippen molar-refractivity contribution < 1.29 is 17.6 Å². The third kappa shape index (κ3) is 5.82. The third-order valence-electron chi connectivity index (χ3n) is 0.448. The van der Waals surface area contributed by atoms with Gasteiger partial charge in [-0.1, -0.05) is 15.9 Å². The topological polar surface area (TPSA) is 0 Å². The fourth-order valence-electron chi connectivity index (χ4n) is 0.216. The molecule has 0 nitrogen and oxygen atoms in total. The standard InChI is InChI=1S/C4H3BrF4/c5-2-3(6)1-4(7,8)9/h1H,2H2. The van der Waals surface area contributed by atoms with Crippen LogP contribution in [-0.2, 0) is 0 Å². The van der Waals surface area contributed by atoms with Crippen LogP contribution in [0.15, 0.2) is 11.9 Å². The van der Waals surface area contributed by atoms with Gasteiger partial charge in [-0.3, -0.25) is 0 Å². The summed E-state index contributed by atoms with van der Waals surface area (Å²) in [6.45, 7) is 0. The highest BCUT2D eigenvalue weighted by atomic mass is 79.9. The molecule has 0 unspecified atom stereocenters. The van der Waals surface area contributed by atoms with Gasteiger partial charge in [-0.15, -0.1) is 0 Å². The minimum Gasteiger partial charge on any atom is -0.211 e. The van der Waals surface area contributed by atoms with Crippen LogP contribution >= 0.6 is 15.9 Å². The Hall–Kier alpha value is -0.0600. The second-order valence-corrected chi connectivity index (χ2v) is 1.83. The monoisotopic (exact) mass is 206 g/mol. The molecule has 0 N–H and O–H groups in total. The first kappa shape index (κ1) is 8.94. The van der Waals surface area contributed by atoms with Gasteiger partial charge in [-0.25, -0.2) is 4.39 Å². The Bertz CT molecular complexity index is 114. The van der Waals surface area contributed by atoms with Crippen LogP contribution in [-0.4, -0.2) is 11.5 Å². The summed E-state index contributed by atoms with van der Waals surface area (Å²) in [6.07, 6.45) is -4.93. The molecule has 0 heterocycles. The minimum atomic E-state index is -4.54. The van der Waals surface area contributed by atoms with Gasteiger partial charge < -0.3 is 0 Å². The first-order valence-electron chi connectivity index (χ1n) is 1.95. The lowest BCUT2D eigenvalue weighted by atomic mass is 10.5. The molecule has 0 aliphatic heterocycles. The van der Waals surface area contributed by atoms with Gasteiger partial charge >= 0.3 is 6.18 Å². The molecule has 5 heteroatoms. The van der Waals surface area contributed by atoms with Crippen molar-refractivity contribution >= 4 is 15.9 Å². The second kappa shape index (κ2) is 3.20. The number of halogens is 5. The minimum absolute atomic E-state index is 0.387. The summed E-state index contributed by atoms with van der Waals surface area (Å²) in [7, 11) is 0. The highest BCUT2D eigenvalue weighted by Crippen LogP contribution is 2.19. The van der Waals surface area contributed by atoms with Crippen molar-refractivity contribution in [1.29, 1.82) is 0 Å². The summed E-state index contributed by atoms with van der Waals surface area (Å²) < 4.78 is 45.2. The highest BCUT2D eigenvalue weighted by Gasteiger charge is 2.24. The number of allylic oxidation sites excluding steroid dienone is 2. The van der Waals surface area contributed by atoms with Gasteiger partial charge in [0, 0.05) is 0 Å². The average molecular weight is 207 g/mol. The molecule has 0 atom stereocenters. The molecule has 0 spiro atoms. The summed E-state index contributed by atoms with van der Waals surface area (Å²) in [6, 6.07) is 0. The fraction of sp³-hybridized carbons (Fsp3) is 0.500. The molecule has 0 rings (SSSR count). The highest BCUT2D eigenvalue weighted by molar-refractivity contribution is 9.09. The first-order chi connectivity index (χ1) is 3.95. The zero-order valence-electron chi connectivity index (χ0n) is 4.17. The maximum Gasteiger partial charge on any atom is 0.412 e. The van der Waals surface area contributed by atoms with Crippen molar-refractivity contribution in [2.45, 2.75) is 6.18 Å². The van der Waals surface area contributed by atoms with E-state index >= 15 is 0 Å². The van der Waals surface area contributed by atoms with E-state index < -0.39 is 17.3 Å². The van der Waals surface area contributed by atoms with Crippen LogP contribution in [0.5, 0.6) is 0 Å². The predicted molar refractivity (Wildman–Crippen MR) is 29.0 cm³/mol. The van der Waals surface area contributed by atoms with Crippen LogP contribution in [0.25, 0.3) is 0 Å². The molecule has 0 fully saturated rings. The molecule has 0 bridgehead atoms. The van der Waals surface area contributed by atoms with Crippen molar-refractivity contribution in [2.24, 2.45) is 0 Å². The van der Waals surface area contributed by atoms with E-state index in [2.05, 4.69) is 15.9 Å². The van der Waals surface area contributed by atoms with Gasteiger partial charge in [-0.05, 0) is 0 Å². The van der Waals surface area contributed by atoms with Crippen LogP contribution < -0.4 is 0 Å². The Kier molecular flexibility index (Phi) is 3.17. The Labute approximate surface area is 57.7 Å².